The SMILES string of the molecule is COc1ccc(CCN(C)CCCC(C)(Oc2ccc(CC#N)cc2Cl)C(C)C)cc1OC. The highest BCUT2D eigenvalue weighted by atomic mass is 35.5. The number of hydrogen-bond acceptors (Lipinski definition) is 5. The van der Waals surface area contributed by atoms with Crippen LogP contribution >= 0.6 is 11.6 Å². The van der Waals surface area contributed by atoms with E-state index in [1.54, 1.807) is 14.2 Å². The van der Waals surface area contributed by atoms with E-state index in [0.717, 1.165) is 49.4 Å². The molecule has 180 valence electrons. The van der Waals surface area contributed by atoms with Crippen LogP contribution in [-0.2, 0) is 12.8 Å². The highest BCUT2D eigenvalue weighted by molar-refractivity contribution is 6.32. The molecular weight excluding hydrogens is 436 g/mol. The molecule has 0 aromatic heterocycles. The standard InChI is InChI=1S/C27H37ClN2O3/c1-20(2)27(3,33-24-10-8-21(12-15-29)18-23(24)28)14-7-16-30(4)17-13-22-9-11-25(31-5)26(19-22)32-6/h8-11,18-20H,7,12-14,16-17H2,1-6H3. The average Bonchev–Trinajstić information content (AvgIpc) is 2.79. The highest BCUT2D eigenvalue weighted by Gasteiger charge is 2.31. The van der Waals surface area contributed by atoms with Gasteiger partial charge in [-0.1, -0.05) is 37.6 Å². The number of rotatable bonds is 13. The van der Waals surface area contributed by atoms with Crippen LogP contribution < -0.4 is 14.2 Å². The van der Waals surface area contributed by atoms with Crippen molar-refractivity contribution in [2.45, 2.75) is 52.1 Å². The Morgan fingerprint density at radius 3 is 2.27 bits per heavy atom. The molecule has 6 heteroatoms. The van der Waals surface area contributed by atoms with Crippen LogP contribution in [-0.4, -0.2) is 44.9 Å². The summed E-state index contributed by atoms with van der Waals surface area (Å²) in [5.41, 5.74) is 1.80. The van der Waals surface area contributed by atoms with Crippen LogP contribution in [0.4, 0.5) is 0 Å². The van der Waals surface area contributed by atoms with Gasteiger partial charge in [-0.05, 0) is 81.1 Å². The van der Waals surface area contributed by atoms with Crippen LogP contribution in [0.5, 0.6) is 17.2 Å². The van der Waals surface area contributed by atoms with Crippen molar-refractivity contribution in [2.24, 2.45) is 5.92 Å². The summed E-state index contributed by atoms with van der Waals surface area (Å²) in [7, 11) is 5.46. The number of hydrogen-bond donors (Lipinski definition) is 0. The van der Waals surface area contributed by atoms with Gasteiger partial charge in [0.1, 0.15) is 11.4 Å². The van der Waals surface area contributed by atoms with Gasteiger partial charge in [0.2, 0.25) is 0 Å². The van der Waals surface area contributed by atoms with Crippen molar-refractivity contribution in [1.82, 2.24) is 4.90 Å². The van der Waals surface area contributed by atoms with E-state index >= 15 is 0 Å². The molecule has 2 rings (SSSR count). The molecule has 0 radical (unpaired) electrons. The fourth-order valence-electron chi connectivity index (χ4n) is 3.70. The minimum absolute atomic E-state index is 0.324. The van der Waals surface area contributed by atoms with Crippen LogP contribution in [0.15, 0.2) is 36.4 Å². The molecule has 33 heavy (non-hydrogen) atoms. The summed E-state index contributed by atoms with van der Waals surface area (Å²) in [5, 5.41) is 9.45. The van der Waals surface area contributed by atoms with Gasteiger partial charge < -0.3 is 19.1 Å². The van der Waals surface area contributed by atoms with E-state index < -0.39 is 0 Å². The van der Waals surface area contributed by atoms with Gasteiger partial charge in [0.15, 0.2) is 11.5 Å². The van der Waals surface area contributed by atoms with Crippen molar-refractivity contribution in [2.75, 3.05) is 34.4 Å². The van der Waals surface area contributed by atoms with Crippen LogP contribution in [0.25, 0.3) is 0 Å². The first-order valence-electron chi connectivity index (χ1n) is 11.5. The molecule has 0 N–H and O–H groups in total. The first-order valence-corrected chi connectivity index (χ1v) is 11.8. The van der Waals surface area contributed by atoms with E-state index in [0.29, 0.717) is 23.1 Å². The number of halogens is 1. The van der Waals surface area contributed by atoms with Crippen molar-refractivity contribution in [3.8, 4) is 23.3 Å². The number of benzene rings is 2. The van der Waals surface area contributed by atoms with E-state index in [4.69, 9.17) is 31.1 Å². The summed E-state index contributed by atoms with van der Waals surface area (Å²) >= 11 is 6.44. The van der Waals surface area contributed by atoms with Gasteiger partial charge in [-0.25, -0.2) is 0 Å². The lowest BCUT2D eigenvalue weighted by molar-refractivity contribution is 0.0281. The lowest BCUT2D eigenvalue weighted by atomic mass is 9.87. The molecule has 0 aliphatic heterocycles. The maximum atomic E-state index is 8.89. The summed E-state index contributed by atoms with van der Waals surface area (Å²) in [6.07, 6.45) is 3.22. The molecule has 2 aromatic rings. The Bertz CT molecular complexity index is 941. The van der Waals surface area contributed by atoms with E-state index in [9.17, 15) is 0 Å². The Kier molecular flexibility index (Phi) is 10.3. The van der Waals surface area contributed by atoms with Crippen molar-refractivity contribution >= 4 is 11.6 Å². The summed E-state index contributed by atoms with van der Waals surface area (Å²) in [6, 6.07) is 13.9. The summed E-state index contributed by atoms with van der Waals surface area (Å²) < 4.78 is 17.2. The molecule has 5 nitrogen and oxygen atoms in total. The van der Waals surface area contributed by atoms with Crippen molar-refractivity contribution < 1.29 is 14.2 Å². The minimum atomic E-state index is -0.329. The smallest absolute Gasteiger partial charge is 0.160 e. The second kappa shape index (κ2) is 12.7. The number of nitriles is 1. The molecule has 0 aliphatic carbocycles. The predicted octanol–water partition coefficient (Wildman–Crippen LogP) is 6.17. The molecular formula is C27H37ClN2O3. The largest absolute Gasteiger partial charge is 0.493 e. The van der Waals surface area contributed by atoms with Crippen molar-refractivity contribution in [3.05, 3.63) is 52.5 Å². The van der Waals surface area contributed by atoms with Crippen molar-refractivity contribution in [3.63, 3.8) is 0 Å². The zero-order chi connectivity index (χ0) is 24.4. The molecule has 1 unspecified atom stereocenters. The summed E-state index contributed by atoms with van der Waals surface area (Å²) in [4.78, 5) is 2.35. The third-order valence-corrected chi connectivity index (χ3v) is 6.58. The van der Waals surface area contributed by atoms with Crippen LogP contribution in [0.2, 0.25) is 5.02 Å². The minimum Gasteiger partial charge on any atom is -0.493 e. The van der Waals surface area contributed by atoms with Gasteiger partial charge in [0.05, 0.1) is 31.7 Å². The molecule has 0 spiro atoms. The van der Waals surface area contributed by atoms with E-state index in [2.05, 4.69) is 44.9 Å². The molecule has 1 atom stereocenters. The lowest BCUT2D eigenvalue weighted by Crippen LogP contribution is -2.39. The van der Waals surface area contributed by atoms with E-state index in [-0.39, 0.29) is 5.60 Å². The number of methoxy groups -OCH3 is 2. The molecule has 2 aromatic carbocycles. The average molecular weight is 473 g/mol. The summed E-state index contributed by atoms with van der Waals surface area (Å²) in [6.45, 7) is 8.45. The Morgan fingerprint density at radius 1 is 1.00 bits per heavy atom. The van der Waals surface area contributed by atoms with Crippen LogP contribution in [0, 0.1) is 17.2 Å². The molecule has 0 aliphatic rings. The Labute approximate surface area is 204 Å². The third-order valence-electron chi connectivity index (χ3n) is 6.29. The van der Waals surface area contributed by atoms with Gasteiger partial charge in [-0.2, -0.15) is 5.26 Å². The van der Waals surface area contributed by atoms with Gasteiger partial charge >= 0.3 is 0 Å². The van der Waals surface area contributed by atoms with Gasteiger partial charge in [0.25, 0.3) is 0 Å². The molecule has 0 saturated heterocycles. The maximum Gasteiger partial charge on any atom is 0.160 e. The Balaban J connectivity index is 1.90. The number of likely N-dealkylation sites (N-methyl/N-ethyl adjacent to an activating group) is 1. The fourth-order valence-corrected chi connectivity index (χ4v) is 3.95. The molecule has 0 fully saturated rings. The second-order valence-electron chi connectivity index (χ2n) is 9.02. The number of ether oxygens (including phenoxy) is 3. The van der Waals surface area contributed by atoms with Crippen LogP contribution in [0.3, 0.4) is 0 Å². The Morgan fingerprint density at radius 2 is 1.67 bits per heavy atom. The fraction of sp³-hybridized carbons (Fsp3) is 0.519. The summed E-state index contributed by atoms with van der Waals surface area (Å²) in [5.74, 6) is 2.52. The molecule has 0 saturated carbocycles. The number of nitrogens with zero attached hydrogens (tertiary/aromatic N) is 2. The first kappa shape index (κ1) is 26.8. The van der Waals surface area contributed by atoms with Gasteiger partial charge in [0, 0.05) is 6.54 Å². The maximum absolute atomic E-state index is 8.89. The van der Waals surface area contributed by atoms with Gasteiger partial charge in [-0.3, -0.25) is 0 Å². The lowest BCUT2D eigenvalue weighted by Gasteiger charge is -2.35. The molecule has 0 heterocycles. The van der Waals surface area contributed by atoms with Crippen LogP contribution in [0.1, 0.15) is 44.7 Å². The topological polar surface area (TPSA) is 54.7 Å². The van der Waals surface area contributed by atoms with Gasteiger partial charge in [-0.15, -0.1) is 0 Å². The highest BCUT2D eigenvalue weighted by Crippen LogP contribution is 2.34. The third kappa shape index (κ3) is 7.84. The first-order chi connectivity index (χ1) is 15.7. The quantitative estimate of drug-likeness (QED) is 0.349. The van der Waals surface area contributed by atoms with E-state index in [1.807, 2.05) is 30.3 Å². The monoisotopic (exact) mass is 472 g/mol. The Hall–Kier alpha value is -2.42. The zero-order valence-corrected chi connectivity index (χ0v) is 21.5. The predicted molar refractivity (Wildman–Crippen MR) is 135 cm³/mol. The molecule has 0 amide bonds. The second-order valence-corrected chi connectivity index (χ2v) is 9.42. The normalized spacial score (nSPS) is 13.0. The molecule has 0 bridgehead atoms. The zero-order valence-electron chi connectivity index (χ0n) is 20.8. The van der Waals surface area contributed by atoms with Crippen molar-refractivity contribution in [1.29, 1.82) is 5.26 Å². The van der Waals surface area contributed by atoms with E-state index in [1.165, 1.54) is 5.56 Å².